The number of unbranched alkanes of at least 4 members (excludes halogenated alkanes) is 1. The summed E-state index contributed by atoms with van der Waals surface area (Å²) in [6.07, 6.45) is 1.67. The number of fused-ring (bicyclic) bond motifs is 1. The second-order valence-corrected chi connectivity index (χ2v) is 5.42. The third-order valence-electron chi connectivity index (χ3n) is 3.63. The summed E-state index contributed by atoms with van der Waals surface area (Å²) in [4.78, 5) is 48.4. The molecule has 1 aliphatic rings. The summed E-state index contributed by atoms with van der Waals surface area (Å²) < 4.78 is 4.84. The van der Waals surface area contributed by atoms with Crippen molar-refractivity contribution in [2.24, 2.45) is 0 Å². The number of rotatable bonds is 8. The standard InChI is InChI=1S/C17H20N2O5/c1-2-3-9-18-14(20)11-24-15(21)8-10-19-16(22)12-6-4-5-7-13(12)17(19)23/h4-7H,2-3,8-11H2,1H3,(H,18,20). The molecular formula is C17H20N2O5. The summed E-state index contributed by atoms with van der Waals surface area (Å²) in [5, 5.41) is 2.63. The quantitative estimate of drug-likeness (QED) is 0.438. The lowest BCUT2D eigenvalue weighted by atomic mass is 10.1. The van der Waals surface area contributed by atoms with Crippen LogP contribution in [0.5, 0.6) is 0 Å². The zero-order valence-corrected chi connectivity index (χ0v) is 13.5. The summed E-state index contributed by atoms with van der Waals surface area (Å²) in [7, 11) is 0. The van der Waals surface area contributed by atoms with Gasteiger partial charge in [0.25, 0.3) is 17.7 Å². The molecule has 0 aliphatic carbocycles. The van der Waals surface area contributed by atoms with Gasteiger partial charge in [0, 0.05) is 13.1 Å². The van der Waals surface area contributed by atoms with Crippen molar-refractivity contribution >= 4 is 23.7 Å². The second-order valence-electron chi connectivity index (χ2n) is 5.42. The first-order chi connectivity index (χ1) is 11.5. The number of esters is 1. The number of benzene rings is 1. The molecule has 1 heterocycles. The van der Waals surface area contributed by atoms with Crippen LogP contribution in [-0.4, -0.2) is 48.3 Å². The number of imide groups is 1. The van der Waals surface area contributed by atoms with Crippen LogP contribution in [0.25, 0.3) is 0 Å². The molecule has 0 radical (unpaired) electrons. The molecule has 0 unspecified atom stereocenters. The first-order valence-corrected chi connectivity index (χ1v) is 7.92. The fraction of sp³-hybridized carbons (Fsp3) is 0.412. The molecule has 0 fully saturated rings. The van der Waals surface area contributed by atoms with Crippen LogP contribution in [0.2, 0.25) is 0 Å². The Bertz CT molecular complexity index is 621. The van der Waals surface area contributed by atoms with Crippen LogP contribution in [0, 0.1) is 0 Å². The summed E-state index contributed by atoms with van der Waals surface area (Å²) in [6, 6.07) is 6.51. The Morgan fingerprint density at radius 3 is 2.33 bits per heavy atom. The first-order valence-electron chi connectivity index (χ1n) is 7.92. The van der Waals surface area contributed by atoms with E-state index in [4.69, 9.17) is 4.74 Å². The summed E-state index contributed by atoms with van der Waals surface area (Å²) >= 11 is 0. The van der Waals surface area contributed by atoms with Crippen molar-refractivity contribution in [2.75, 3.05) is 19.7 Å². The van der Waals surface area contributed by atoms with Gasteiger partial charge in [-0.3, -0.25) is 24.1 Å². The molecule has 1 aromatic carbocycles. The molecule has 7 heteroatoms. The van der Waals surface area contributed by atoms with Crippen molar-refractivity contribution in [3.63, 3.8) is 0 Å². The average Bonchev–Trinajstić information content (AvgIpc) is 2.83. The van der Waals surface area contributed by atoms with E-state index >= 15 is 0 Å². The van der Waals surface area contributed by atoms with E-state index in [9.17, 15) is 19.2 Å². The lowest BCUT2D eigenvalue weighted by Crippen LogP contribution is -2.33. The van der Waals surface area contributed by atoms with E-state index in [1.165, 1.54) is 0 Å². The molecule has 24 heavy (non-hydrogen) atoms. The predicted molar refractivity (Wildman–Crippen MR) is 85.3 cm³/mol. The Labute approximate surface area is 140 Å². The summed E-state index contributed by atoms with van der Waals surface area (Å²) in [5.41, 5.74) is 0.678. The number of amides is 3. The maximum absolute atomic E-state index is 12.1. The third kappa shape index (κ3) is 4.18. The topological polar surface area (TPSA) is 92.8 Å². The molecule has 0 saturated carbocycles. The number of nitrogens with zero attached hydrogens (tertiary/aromatic N) is 1. The van der Waals surface area contributed by atoms with Gasteiger partial charge in [0.1, 0.15) is 0 Å². The average molecular weight is 332 g/mol. The van der Waals surface area contributed by atoms with Crippen LogP contribution >= 0.6 is 0 Å². The predicted octanol–water partition coefficient (Wildman–Crippen LogP) is 1.13. The van der Waals surface area contributed by atoms with Crippen molar-refractivity contribution in [3.8, 4) is 0 Å². The SMILES string of the molecule is CCCCNC(=O)COC(=O)CCN1C(=O)c2ccccc2C1=O. The zero-order chi connectivity index (χ0) is 17.5. The Morgan fingerprint density at radius 2 is 1.75 bits per heavy atom. The van der Waals surface area contributed by atoms with E-state index in [1.54, 1.807) is 24.3 Å². The highest BCUT2D eigenvalue weighted by Crippen LogP contribution is 2.22. The maximum atomic E-state index is 12.1. The van der Waals surface area contributed by atoms with Crippen LogP contribution in [0.4, 0.5) is 0 Å². The fourth-order valence-corrected chi connectivity index (χ4v) is 2.32. The van der Waals surface area contributed by atoms with E-state index in [2.05, 4.69) is 5.32 Å². The van der Waals surface area contributed by atoms with Crippen LogP contribution in [-0.2, 0) is 14.3 Å². The highest BCUT2D eigenvalue weighted by atomic mass is 16.5. The van der Waals surface area contributed by atoms with Crippen molar-refractivity contribution in [1.29, 1.82) is 0 Å². The second kappa shape index (κ2) is 8.24. The molecular weight excluding hydrogens is 312 g/mol. The Hall–Kier alpha value is -2.70. The van der Waals surface area contributed by atoms with Crippen LogP contribution < -0.4 is 5.32 Å². The van der Waals surface area contributed by atoms with Gasteiger partial charge in [0.05, 0.1) is 17.5 Å². The van der Waals surface area contributed by atoms with Crippen LogP contribution in [0.15, 0.2) is 24.3 Å². The van der Waals surface area contributed by atoms with E-state index < -0.39 is 17.8 Å². The Morgan fingerprint density at radius 1 is 1.12 bits per heavy atom. The molecule has 1 aromatic rings. The molecule has 7 nitrogen and oxygen atoms in total. The molecule has 0 spiro atoms. The molecule has 3 amide bonds. The van der Waals surface area contributed by atoms with Gasteiger partial charge in [-0.25, -0.2) is 0 Å². The fourth-order valence-electron chi connectivity index (χ4n) is 2.32. The van der Waals surface area contributed by atoms with E-state index in [-0.39, 0.29) is 25.5 Å². The van der Waals surface area contributed by atoms with Gasteiger partial charge in [-0.15, -0.1) is 0 Å². The van der Waals surface area contributed by atoms with E-state index in [0.29, 0.717) is 17.7 Å². The van der Waals surface area contributed by atoms with Crippen molar-refractivity contribution in [1.82, 2.24) is 10.2 Å². The van der Waals surface area contributed by atoms with Gasteiger partial charge in [0.15, 0.2) is 6.61 Å². The number of ether oxygens (including phenoxy) is 1. The number of hydrogen-bond donors (Lipinski definition) is 1. The van der Waals surface area contributed by atoms with Gasteiger partial charge < -0.3 is 10.1 Å². The van der Waals surface area contributed by atoms with E-state index in [0.717, 1.165) is 17.7 Å². The molecule has 128 valence electrons. The van der Waals surface area contributed by atoms with Gasteiger partial charge in [-0.1, -0.05) is 25.5 Å². The van der Waals surface area contributed by atoms with Crippen molar-refractivity contribution < 1.29 is 23.9 Å². The van der Waals surface area contributed by atoms with Crippen molar-refractivity contribution in [3.05, 3.63) is 35.4 Å². The summed E-state index contributed by atoms with van der Waals surface area (Å²) in [6.45, 7) is 2.13. The first kappa shape index (κ1) is 17.7. The minimum Gasteiger partial charge on any atom is -0.456 e. The highest BCUT2D eigenvalue weighted by Gasteiger charge is 2.35. The molecule has 2 rings (SSSR count). The molecule has 0 atom stereocenters. The number of carbonyl (C=O) groups excluding carboxylic acids is 4. The lowest BCUT2D eigenvalue weighted by molar-refractivity contribution is -0.148. The monoisotopic (exact) mass is 332 g/mol. The van der Waals surface area contributed by atoms with Gasteiger partial charge in [-0.2, -0.15) is 0 Å². The highest BCUT2D eigenvalue weighted by molar-refractivity contribution is 6.21. The van der Waals surface area contributed by atoms with E-state index in [1.807, 2.05) is 6.92 Å². The minimum absolute atomic E-state index is 0.0668. The third-order valence-corrected chi connectivity index (χ3v) is 3.63. The summed E-state index contributed by atoms with van der Waals surface area (Å²) in [5.74, 6) is -1.82. The normalized spacial score (nSPS) is 13.0. The van der Waals surface area contributed by atoms with Crippen LogP contribution in [0.3, 0.4) is 0 Å². The van der Waals surface area contributed by atoms with Gasteiger partial charge >= 0.3 is 5.97 Å². The lowest BCUT2D eigenvalue weighted by Gasteiger charge is -2.13. The Kier molecular flexibility index (Phi) is 6.06. The molecule has 0 bridgehead atoms. The van der Waals surface area contributed by atoms with Crippen LogP contribution in [0.1, 0.15) is 46.9 Å². The number of carbonyl (C=O) groups is 4. The van der Waals surface area contributed by atoms with Gasteiger partial charge in [0.2, 0.25) is 0 Å². The number of hydrogen-bond acceptors (Lipinski definition) is 5. The number of nitrogens with one attached hydrogen (secondary N) is 1. The molecule has 0 aromatic heterocycles. The van der Waals surface area contributed by atoms with Gasteiger partial charge in [-0.05, 0) is 18.6 Å². The molecule has 1 N–H and O–H groups in total. The zero-order valence-electron chi connectivity index (χ0n) is 13.5. The molecule has 1 aliphatic heterocycles. The molecule has 0 saturated heterocycles. The van der Waals surface area contributed by atoms with Crippen molar-refractivity contribution in [2.45, 2.75) is 26.2 Å². The maximum Gasteiger partial charge on any atom is 0.308 e. The Balaban J connectivity index is 1.76. The smallest absolute Gasteiger partial charge is 0.308 e. The largest absolute Gasteiger partial charge is 0.456 e. The minimum atomic E-state index is -0.628.